The van der Waals surface area contributed by atoms with Crippen LogP contribution in [0.4, 0.5) is 4.39 Å². The molecular formula is C12H15FN4. The van der Waals surface area contributed by atoms with E-state index in [0.717, 1.165) is 5.82 Å². The Kier molecular flexibility index (Phi) is 3.49. The minimum absolute atomic E-state index is 0.178. The number of nitrogens with zero attached hydrogens (tertiary/aromatic N) is 3. The molecule has 0 amide bonds. The van der Waals surface area contributed by atoms with Crippen LogP contribution in [-0.2, 0) is 26.4 Å². The Morgan fingerprint density at radius 2 is 2.06 bits per heavy atom. The van der Waals surface area contributed by atoms with Crippen molar-refractivity contribution in [3.05, 3.63) is 47.3 Å². The molecule has 90 valence electrons. The van der Waals surface area contributed by atoms with Crippen molar-refractivity contribution in [3.63, 3.8) is 0 Å². The Bertz CT molecular complexity index is 507. The molecule has 0 aliphatic carbocycles. The van der Waals surface area contributed by atoms with E-state index >= 15 is 0 Å². The van der Waals surface area contributed by atoms with E-state index in [1.54, 1.807) is 16.8 Å². The first-order chi connectivity index (χ1) is 8.20. The molecule has 4 nitrogen and oxygen atoms in total. The Hall–Kier alpha value is -1.75. The third kappa shape index (κ3) is 2.68. The average Bonchev–Trinajstić information content (AvgIpc) is 2.69. The summed E-state index contributed by atoms with van der Waals surface area (Å²) in [7, 11) is 1.81. The smallest absolute Gasteiger partial charge is 0.151 e. The van der Waals surface area contributed by atoms with Crippen LogP contribution >= 0.6 is 0 Å². The van der Waals surface area contributed by atoms with Gasteiger partial charge in [0.2, 0.25) is 0 Å². The zero-order chi connectivity index (χ0) is 12.3. The van der Waals surface area contributed by atoms with E-state index in [1.807, 2.05) is 13.1 Å². The van der Waals surface area contributed by atoms with Crippen LogP contribution in [0.25, 0.3) is 0 Å². The van der Waals surface area contributed by atoms with E-state index < -0.39 is 0 Å². The molecule has 2 N–H and O–H groups in total. The van der Waals surface area contributed by atoms with Gasteiger partial charge >= 0.3 is 0 Å². The molecule has 2 rings (SSSR count). The number of hydrogen-bond acceptors (Lipinski definition) is 3. The third-order valence-corrected chi connectivity index (χ3v) is 2.66. The second-order valence-corrected chi connectivity index (χ2v) is 3.86. The normalized spacial score (nSPS) is 10.8. The van der Waals surface area contributed by atoms with Crippen molar-refractivity contribution in [2.24, 2.45) is 12.8 Å². The molecule has 1 aromatic heterocycles. The van der Waals surface area contributed by atoms with Crippen LogP contribution in [0.15, 0.2) is 24.3 Å². The summed E-state index contributed by atoms with van der Waals surface area (Å²) in [6, 6.07) is 6.76. The van der Waals surface area contributed by atoms with Gasteiger partial charge in [0, 0.05) is 13.5 Å². The van der Waals surface area contributed by atoms with Crippen molar-refractivity contribution >= 4 is 0 Å². The lowest BCUT2D eigenvalue weighted by atomic mass is 10.1. The average molecular weight is 234 g/mol. The highest BCUT2D eigenvalue weighted by molar-refractivity contribution is 5.18. The highest BCUT2D eigenvalue weighted by Gasteiger charge is 2.07. The molecule has 0 spiro atoms. The lowest BCUT2D eigenvalue weighted by Gasteiger charge is -1.99. The molecule has 0 fully saturated rings. The monoisotopic (exact) mass is 234 g/mol. The summed E-state index contributed by atoms with van der Waals surface area (Å²) in [4.78, 5) is 4.28. The van der Waals surface area contributed by atoms with E-state index in [-0.39, 0.29) is 5.82 Å². The van der Waals surface area contributed by atoms with Crippen LogP contribution < -0.4 is 5.73 Å². The Morgan fingerprint density at radius 1 is 1.29 bits per heavy atom. The molecule has 5 heteroatoms. The van der Waals surface area contributed by atoms with Gasteiger partial charge in [-0.05, 0) is 18.1 Å². The molecule has 0 unspecified atom stereocenters. The zero-order valence-electron chi connectivity index (χ0n) is 9.73. The molecule has 1 heterocycles. The third-order valence-electron chi connectivity index (χ3n) is 2.66. The van der Waals surface area contributed by atoms with Crippen molar-refractivity contribution in [2.45, 2.75) is 19.4 Å². The maximum absolute atomic E-state index is 13.4. The van der Waals surface area contributed by atoms with Crippen molar-refractivity contribution in [2.75, 3.05) is 0 Å². The summed E-state index contributed by atoms with van der Waals surface area (Å²) in [6.07, 6.45) is 1.22. The predicted molar refractivity (Wildman–Crippen MR) is 62.7 cm³/mol. The fraction of sp³-hybridized carbons (Fsp3) is 0.333. The van der Waals surface area contributed by atoms with Crippen LogP contribution in [0.3, 0.4) is 0 Å². The lowest BCUT2D eigenvalue weighted by Crippen LogP contribution is -2.05. The Balaban J connectivity index is 2.05. The summed E-state index contributed by atoms with van der Waals surface area (Å²) < 4.78 is 15.0. The van der Waals surface area contributed by atoms with Crippen molar-refractivity contribution in [1.29, 1.82) is 0 Å². The van der Waals surface area contributed by atoms with E-state index in [9.17, 15) is 4.39 Å². The highest BCUT2D eigenvalue weighted by atomic mass is 19.1. The zero-order valence-corrected chi connectivity index (χ0v) is 9.73. The summed E-state index contributed by atoms with van der Waals surface area (Å²) >= 11 is 0. The van der Waals surface area contributed by atoms with Crippen molar-refractivity contribution in [1.82, 2.24) is 14.8 Å². The molecule has 0 atom stereocenters. The van der Waals surface area contributed by atoms with Gasteiger partial charge in [-0.3, -0.25) is 4.68 Å². The molecular weight excluding hydrogens is 219 g/mol. The second kappa shape index (κ2) is 5.05. The summed E-state index contributed by atoms with van der Waals surface area (Å²) in [6.45, 7) is 0.364. The SMILES string of the molecule is Cn1nc(CCc2ccccc2F)nc1CN. The largest absolute Gasteiger partial charge is 0.324 e. The maximum atomic E-state index is 13.4. The molecule has 0 aliphatic heterocycles. The van der Waals surface area contributed by atoms with Gasteiger partial charge < -0.3 is 5.73 Å². The number of hydrogen-bond donors (Lipinski definition) is 1. The first-order valence-corrected chi connectivity index (χ1v) is 5.53. The standard InChI is InChI=1S/C12H15FN4/c1-17-12(8-14)15-11(16-17)7-6-9-4-2-3-5-10(9)13/h2-5H,6-8,14H2,1H3. The Morgan fingerprint density at radius 3 is 2.71 bits per heavy atom. The first kappa shape index (κ1) is 11.7. The topological polar surface area (TPSA) is 56.7 Å². The molecule has 0 saturated carbocycles. The van der Waals surface area contributed by atoms with Crippen molar-refractivity contribution in [3.8, 4) is 0 Å². The molecule has 0 aliphatic rings. The number of nitrogens with two attached hydrogens (primary N) is 1. The fourth-order valence-corrected chi connectivity index (χ4v) is 1.71. The van der Waals surface area contributed by atoms with E-state index in [1.165, 1.54) is 6.07 Å². The van der Waals surface area contributed by atoms with Crippen molar-refractivity contribution < 1.29 is 4.39 Å². The highest BCUT2D eigenvalue weighted by Crippen LogP contribution is 2.09. The van der Waals surface area contributed by atoms with E-state index in [4.69, 9.17) is 5.73 Å². The minimum atomic E-state index is -0.178. The fourth-order valence-electron chi connectivity index (χ4n) is 1.71. The second-order valence-electron chi connectivity index (χ2n) is 3.86. The van der Waals surface area contributed by atoms with Crippen LogP contribution in [-0.4, -0.2) is 14.8 Å². The van der Waals surface area contributed by atoms with E-state index in [2.05, 4.69) is 10.1 Å². The number of halogens is 1. The van der Waals surface area contributed by atoms with Gasteiger partial charge in [-0.25, -0.2) is 9.37 Å². The van der Waals surface area contributed by atoms with Gasteiger partial charge in [0.15, 0.2) is 5.82 Å². The molecule has 17 heavy (non-hydrogen) atoms. The number of aryl methyl sites for hydroxylation is 3. The van der Waals surface area contributed by atoms with Gasteiger partial charge in [-0.1, -0.05) is 18.2 Å². The van der Waals surface area contributed by atoms with Gasteiger partial charge in [0.05, 0.1) is 6.54 Å². The molecule has 0 saturated heterocycles. The van der Waals surface area contributed by atoms with Crippen LogP contribution in [0.2, 0.25) is 0 Å². The molecule has 0 bridgehead atoms. The van der Waals surface area contributed by atoms with Crippen LogP contribution in [0, 0.1) is 5.82 Å². The lowest BCUT2D eigenvalue weighted by molar-refractivity contribution is 0.606. The molecule has 1 aromatic carbocycles. The Labute approximate surface area is 99.3 Å². The number of rotatable bonds is 4. The van der Waals surface area contributed by atoms with E-state index in [0.29, 0.717) is 30.8 Å². The maximum Gasteiger partial charge on any atom is 0.151 e. The number of aromatic nitrogens is 3. The molecule has 2 aromatic rings. The molecule has 0 radical (unpaired) electrons. The summed E-state index contributed by atoms with van der Waals surface area (Å²) in [5, 5.41) is 4.23. The first-order valence-electron chi connectivity index (χ1n) is 5.53. The number of benzene rings is 1. The van der Waals surface area contributed by atoms with Gasteiger partial charge in [0.25, 0.3) is 0 Å². The minimum Gasteiger partial charge on any atom is -0.324 e. The quantitative estimate of drug-likeness (QED) is 0.864. The van der Waals surface area contributed by atoms with Gasteiger partial charge in [-0.15, -0.1) is 0 Å². The summed E-state index contributed by atoms with van der Waals surface area (Å²) in [5.41, 5.74) is 6.20. The van der Waals surface area contributed by atoms with Crippen LogP contribution in [0.1, 0.15) is 17.2 Å². The van der Waals surface area contributed by atoms with Gasteiger partial charge in [0.1, 0.15) is 11.6 Å². The predicted octanol–water partition coefficient (Wildman–Crippen LogP) is 1.20. The summed E-state index contributed by atoms with van der Waals surface area (Å²) in [5.74, 6) is 1.27. The van der Waals surface area contributed by atoms with Crippen LogP contribution in [0.5, 0.6) is 0 Å². The van der Waals surface area contributed by atoms with Gasteiger partial charge in [-0.2, -0.15) is 5.10 Å².